The SMILES string of the molecule is COc1cc(C)c(OC)c(C2CCCNC2)c1. The van der Waals surface area contributed by atoms with E-state index >= 15 is 0 Å². The minimum atomic E-state index is 0.535. The van der Waals surface area contributed by atoms with Crippen molar-refractivity contribution in [2.75, 3.05) is 27.3 Å². The van der Waals surface area contributed by atoms with Gasteiger partial charge in [-0.3, -0.25) is 0 Å². The molecular weight excluding hydrogens is 214 g/mol. The quantitative estimate of drug-likeness (QED) is 0.873. The first-order chi connectivity index (χ1) is 8.26. The van der Waals surface area contributed by atoms with Crippen LogP contribution in [-0.2, 0) is 0 Å². The summed E-state index contributed by atoms with van der Waals surface area (Å²) < 4.78 is 10.9. The van der Waals surface area contributed by atoms with E-state index in [-0.39, 0.29) is 0 Å². The molecule has 1 aliphatic heterocycles. The Kier molecular flexibility index (Phi) is 3.89. The Bertz CT molecular complexity index is 384. The number of piperidine rings is 1. The Morgan fingerprint density at radius 1 is 1.24 bits per heavy atom. The first kappa shape index (κ1) is 12.2. The lowest BCUT2D eigenvalue weighted by molar-refractivity contribution is 0.381. The van der Waals surface area contributed by atoms with Gasteiger partial charge in [0, 0.05) is 18.0 Å². The first-order valence-electron chi connectivity index (χ1n) is 6.19. The maximum atomic E-state index is 5.55. The van der Waals surface area contributed by atoms with E-state index in [2.05, 4.69) is 18.3 Å². The number of methoxy groups -OCH3 is 2. The molecule has 1 fully saturated rings. The first-order valence-corrected chi connectivity index (χ1v) is 6.19. The van der Waals surface area contributed by atoms with Crippen molar-refractivity contribution in [2.45, 2.75) is 25.7 Å². The number of aryl methyl sites for hydroxylation is 1. The van der Waals surface area contributed by atoms with Gasteiger partial charge in [0.05, 0.1) is 14.2 Å². The smallest absolute Gasteiger partial charge is 0.125 e. The number of nitrogens with one attached hydrogen (secondary N) is 1. The molecule has 3 nitrogen and oxygen atoms in total. The van der Waals surface area contributed by atoms with E-state index in [1.807, 2.05) is 6.07 Å². The second-order valence-electron chi connectivity index (χ2n) is 4.61. The van der Waals surface area contributed by atoms with E-state index in [1.165, 1.54) is 18.4 Å². The fraction of sp³-hybridized carbons (Fsp3) is 0.571. The molecular formula is C14H21NO2. The van der Waals surface area contributed by atoms with Crippen molar-refractivity contribution in [3.8, 4) is 11.5 Å². The highest BCUT2D eigenvalue weighted by Gasteiger charge is 2.21. The molecule has 0 amide bonds. The van der Waals surface area contributed by atoms with E-state index in [9.17, 15) is 0 Å². The molecule has 1 N–H and O–H groups in total. The predicted octanol–water partition coefficient (Wildman–Crippen LogP) is 2.48. The molecule has 94 valence electrons. The maximum Gasteiger partial charge on any atom is 0.125 e. The lowest BCUT2D eigenvalue weighted by Crippen LogP contribution is -2.28. The number of ether oxygens (including phenoxy) is 2. The van der Waals surface area contributed by atoms with Crippen molar-refractivity contribution in [1.29, 1.82) is 0 Å². The van der Waals surface area contributed by atoms with Crippen LogP contribution in [-0.4, -0.2) is 27.3 Å². The monoisotopic (exact) mass is 235 g/mol. The van der Waals surface area contributed by atoms with Gasteiger partial charge >= 0.3 is 0 Å². The summed E-state index contributed by atoms with van der Waals surface area (Å²) in [5.41, 5.74) is 2.42. The fourth-order valence-corrected chi connectivity index (χ4v) is 2.58. The van der Waals surface area contributed by atoms with Gasteiger partial charge in [-0.15, -0.1) is 0 Å². The fourth-order valence-electron chi connectivity index (χ4n) is 2.58. The summed E-state index contributed by atoms with van der Waals surface area (Å²) in [7, 11) is 3.46. The van der Waals surface area contributed by atoms with Gasteiger partial charge in [-0.2, -0.15) is 0 Å². The lowest BCUT2D eigenvalue weighted by atomic mass is 9.89. The van der Waals surface area contributed by atoms with Gasteiger partial charge in [-0.1, -0.05) is 0 Å². The van der Waals surface area contributed by atoms with Crippen molar-refractivity contribution in [3.05, 3.63) is 23.3 Å². The van der Waals surface area contributed by atoms with Gasteiger partial charge in [0.25, 0.3) is 0 Å². The summed E-state index contributed by atoms with van der Waals surface area (Å²) in [5.74, 6) is 2.47. The van der Waals surface area contributed by atoms with E-state index in [1.54, 1.807) is 14.2 Å². The van der Waals surface area contributed by atoms with Crippen LogP contribution in [0.1, 0.15) is 29.9 Å². The highest BCUT2D eigenvalue weighted by Crippen LogP contribution is 2.36. The zero-order valence-electron chi connectivity index (χ0n) is 10.9. The highest BCUT2D eigenvalue weighted by molar-refractivity contribution is 5.48. The summed E-state index contributed by atoms with van der Waals surface area (Å²) >= 11 is 0. The van der Waals surface area contributed by atoms with Crippen LogP contribution in [0.2, 0.25) is 0 Å². The molecule has 0 aliphatic carbocycles. The molecule has 1 aromatic rings. The van der Waals surface area contributed by atoms with E-state index < -0.39 is 0 Å². The number of hydrogen-bond acceptors (Lipinski definition) is 3. The van der Waals surface area contributed by atoms with Crippen molar-refractivity contribution in [2.24, 2.45) is 0 Å². The molecule has 1 aromatic carbocycles. The van der Waals surface area contributed by atoms with Gasteiger partial charge in [-0.25, -0.2) is 0 Å². The highest BCUT2D eigenvalue weighted by atomic mass is 16.5. The van der Waals surface area contributed by atoms with Crippen LogP contribution >= 0.6 is 0 Å². The third-order valence-corrected chi connectivity index (χ3v) is 3.45. The van der Waals surface area contributed by atoms with Gasteiger partial charge < -0.3 is 14.8 Å². The third-order valence-electron chi connectivity index (χ3n) is 3.45. The normalized spacial score (nSPS) is 20.1. The number of benzene rings is 1. The van der Waals surface area contributed by atoms with Crippen molar-refractivity contribution in [3.63, 3.8) is 0 Å². The third kappa shape index (κ3) is 2.55. The lowest BCUT2D eigenvalue weighted by Gasteiger charge is -2.26. The maximum absolute atomic E-state index is 5.55. The zero-order chi connectivity index (χ0) is 12.3. The molecule has 0 saturated carbocycles. The van der Waals surface area contributed by atoms with E-state index in [4.69, 9.17) is 9.47 Å². The minimum absolute atomic E-state index is 0.535. The zero-order valence-corrected chi connectivity index (χ0v) is 10.9. The van der Waals surface area contributed by atoms with Crippen molar-refractivity contribution < 1.29 is 9.47 Å². The second kappa shape index (κ2) is 5.41. The molecule has 0 radical (unpaired) electrons. The molecule has 1 unspecified atom stereocenters. The van der Waals surface area contributed by atoms with Crippen LogP contribution in [0.5, 0.6) is 11.5 Å². The van der Waals surface area contributed by atoms with Gasteiger partial charge in [0.2, 0.25) is 0 Å². The summed E-state index contributed by atoms with van der Waals surface area (Å²) in [6, 6.07) is 4.14. The summed E-state index contributed by atoms with van der Waals surface area (Å²) in [6.45, 7) is 4.23. The predicted molar refractivity (Wildman–Crippen MR) is 69.1 cm³/mol. The van der Waals surface area contributed by atoms with Gasteiger partial charge in [0.15, 0.2) is 0 Å². The van der Waals surface area contributed by atoms with Crippen molar-refractivity contribution in [1.82, 2.24) is 5.32 Å². The molecule has 1 saturated heterocycles. The van der Waals surface area contributed by atoms with Crippen LogP contribution in [0, 0.1) is 6.92 Å². The Hall–Kier alpha value is -1.22. The molecule has 17 heavy (non-hydrogen) atoms. The molecule has 2 rings (SSSR count). The topological polar surface area (TPSA) is 30.5 Å². The largest absolute Gasteiger partial charge is 0.497 e. The summed E-state index contributed by atoms with van der Waals surface area (Å²) in [5, 5.41) is 3.45. The molecule has 3 heteroatoms. The standard InChI is InChI=1S/C14H21NO2/c1-10-7-12(16-2)8-13(14(10)17-3)11-5-4-6-15-9-11/h7-8,11,15H,4-6,9H2,1-3H3. The van der Waals surface area contributed by atoms with Crippen molar-refractivity contribution >= 4 is 0 Å². The second-order valence-corrected chi connectivity index (χ2v) is 4.61. The van der Waals surface area contributed by atoms with E-state index in [0.29, 0.717) is 5.92 Å². The van der Waals surface area contributed by atoms with Crippen LogP contribution in [0.3, 0.4) is 0 Å². The number of rotatable bonds is 3. The van der Waals surface area contributed by atoms with Crippen LogP contribution in [0.4, 0.5) is 0 Å². The van der Waals surface area contributed by atoms with Gasteiger partial charge in [0.1, 0.15) is 11.5 Å². The summed E-state index contributed by atoms with van der Waals surface area (Å²) in [4.78, 5) is 0. The molecule has 0 spiro atoms. The Balaban J connectivity index is 2.38. The van der Waals surface area contributed by atoms with Gasteiger partial charge in [-0.05, 0) is 44.0 Å². The van der Waals surface area contributed by atoms with Crippen LogP contribution < -0.4 is 14.8 Å². The van der Waals surface area contributed by atoms with E-state index in [0.717, 1.165) is 30.2 Å². The molecule has 0 aromatic heterocycles. The molecule has 0 bridgehead atoms. The minimum Gasteiger partial charge on any atom is -0.497 e. The Labute approximate surface area is 103 Å². The van der Waals surface area contributed by atoms with Crippen LogP contribution in [0.15, 0.2) is 12.1 Å². The molecule has 1 heterocycles. The average molecular weight is 235 g/mol. The molecule has 1 aliphatic rings. The summed E-state index contributed by atoms with van der Waals surface area (Å²) in [6.07, 6.45) is 2.44. The molecule has 1 atom stereocenters. The van der Waals surface area contributed by atoms with Crippen LogP contribution in [0.25, 0.3) is 0 Å². The number of hydrogen-bond donors (Lipinski definition) is 1. The Morgan fingerprint density at radius 3 is 2.65 bits per heavy atom. The Morgan fingerprint density at radius 2 is 2.06 bits per heavy atom. The average Bonchev–Trinajstić information content (AvgIpc) is 2.38.